The molecule has 0 amide bonds. The van der Waals surface area contributed by atoms with Gasteiger partial charge in [-0.25, -0.2) is 0 Å². The van der Waals surface area contributed by atoms with Crippen molar-refractivity contribution in [3.63, 3.8) is 0 Å². The lowest BCUT2D eigenvalue weighted by atomic mass is 10.1. The van der Waals surface area contributed by atoms with E-state index in [9.17, 15) is 0 Å². The standard InChI is InChI=1S/C13H14N2/c1-14(2)13-10-6-3-4-7-11(10)15-9-5-8-12(13)15/h3-9,13H,1-2H3. The fourth-order valence-electron chi connectivity index (χ4n) is 2.48. The zero-order valence-corrected chi connectivity index (χ0v) is 9.01. The molecule has 0 aliphatic carbocycles. The molecule has 2 heteroatoms. The van der Waals surface area contributed by atoms with Gasteiger partial charge < -0.3 is 4.57 Å². The summed E-state index contributed by atoms with van der Waals surface area (Å²) in [4.78, 5) is 2.26. The van der Waals surface area contributed by atoms with Crippen molar-refractivity contribution in [2.45, 2.75) is 6.04 Å². The molecule has 76 valence electrons. The minimum absolute atomic E-state index is 0.399. The van der Waals surface area contributed by atoms with Crippen LogP contribution in [0.2, 0.25) is 0 Å². The molecule has 0 saturated heterocycles. The topological polar surface area (TPSA) is 8.17 Å². The van der Waals surface area contributed by atoms with E-state index in [1.165, 1.54) is 16.9 Å². The van der Waals surface area contributed by atoms with E-state index in [4.69, 9.17) is 0 Å². The van der Waals surface area contributed by atoms with Crippen molar-refractivity contribution in [3.05, 3.63) is 53.9 Å². The SMILES string of the molecule is CN(C)C1c2ccccc2-n2cccc21. The molecule has 0 saturated carbocycles. The Hall–Kier alpha value is -1.54. The van der Waals surface area contributed by atoms with E-state index in [-0.39, 0.29) is 0 Å². The Morgan fingerprint density at radius 3 is 2.67 bits per heavy atom. The minimum Gasteiger partial charge on any atom is -0.319 e. The second kappa shape index (κ2) is 2.97. The second-order valence-electron chi connectivity index (χ2n) is 4.23. The number of fused-ring (bicyclic) bond motifs is 3. The predicted octanol–water partition coefficient (Wildman–Crippen LogP) is 2.44. The van der Waals surface area contributed by atoms with Crippen LogP contribution in [0.4, 0.5) is 0 Å². The minimum atomic E-state index is 0.399. The van der Waals surface area contributed by atoms with Crippen LogP contribution in [0.3, 0.4) is 0 Å². The summed E-state index contributed by atoms with van der Waals surface area (Å²) in [5, 5.41) is 0. The van der Waals surface area contributed by atoms with Gasteiger partial charge in [0.05, 0.1) is 11.7 Å². The molecule has 15 heavy (non-hydrogen) atoms. The number of nitrogens with zero attached hydrogens (tertiary/aromatic N) is 2. The summed E-state index contributed by atoms with van der Waals surface area (Å²) < 4.78 is 2.28. The quantitative estimate of drug-likeness (QED) is 0.683. The van der Waals surface area contributed by atoms with Gasteiger partial charge in [0.15, 0.2) is 0 Å². The van der Waals surface area contributed by atoms with E-state index in [1.807, 2.05) is 0 Å². The van der Waals surface area contributed by atoms with E-state index in [0.29, 0.717) is 6.04 Å². The van der Waals surface area contributed by atoms with Crippen LogP contribution < -0.4 is 0 Å². The predicted molar refractivity (Wildman–Crippen MR) is 61.3 cm³/mol. The third-order valence-electron chi connectivity index (χ3n) is 3.07. The van der Waals surface area contributed by atoms with Gasteiger partial charge in [-0.05, 0) is 37.9 Å². The van der Waals surface area contributed by atoms with Crippen LogP contribution >= 0.6 is 0 Å². The van der Waals surface area contributed by atoms with Gasteiger partial charge in [-0.15, -0.1) is 0 Å². The summed E-state index contributed by atoms with van der Waals surface area (Å²) in [5.74, 6) is 0. The Labute approximate surface area is 89.8 Å². The van der Waals surface area contributed by atoms with Crippen LogP contribution in [0.25, 0.3) is 5.69 Å². The lowest BCUT2D eigenvalue weighted by Crippen LogP contribution is -2.18. The summed E-state index contributed by atoms with van der Waals surface area (Å²) in [6.07, 6.45) is 2.14. The Kier molecular flexibility index (Phi) is 1.73. The van der Waals surface area contributed by atoms with E-state index in [1.54, 1.807) is 0 Å². The first-order valence-corrected chi connectivity index (χ1v) is 5.22. The van der Waals surface area contributed by atoms with Crippen molar-refractivity contribution < 1.29 is 0 Å². The van der Waals surface area contributed by atoms with Crippen molar-refractivity contribution in [3.8, 4) is 5.69 Å². The maximum atomic E-state index is 2.28. The zero-order valence-electron chi connectivity index (χ0n) is 9.01. The first kappa shape index (κ1) is 8.74. The Balaban J connectivity index is 2.28. The van der Waals surface area contributed by atoms with Crippen molar-refractivity contribution in [2.24, 2.45) is 0 Å². The maximum Gasteiger partial charge on any atom is 0.0775 e. The summed E-state index contributed by atoms with van der Waals surface area (Å²) in [6, 6.07) is 13.3. The van der Waals surface area contributed by atoms with Crippen LogP contribution in [-0.2, 0) is 0 Å². The normalized spacial score (nSPS) is 17.9. The van der Waals surface area contributed by atoms with Crippen LogP contribution in [0, 0.1) is 0 Å². The highest BCUT2D eigenvalue weighted by atomic mass is 15.2. The summed E-state index contributed by atoms with van der Waals surface area (Å²) in [5.41, 5.74) is 4.08. The zero-order chi connectivity index (χ0) is 10.4. The second-order valence-corrected chi connectivity index (χ2v) is 4.23. The number of hydrogen-bond donors (Lipinski definition) is 0. The largest absolute Gasteiger partial charge is 0.319 e. The number of benzene rings is 1. The van der Waals surface area contributed by atoms with Gasteiger partial charge >= 0.3 is 0 Å². The highest BCUT2D eigenvalue weighted by Crippen LogP contribution is 2.38. The smallest absolute Gasteiger partial charge is 0.0775 e. The third-order valence-corrected chi connectivity index (χ3v) is 3.07. The molecule has 2 nitrogen and oxygen atoms in total. The maximum absolute atomic E-state index is 2.28. The molecule has 1 aromatic heterocycles. The molecular weight excluding hydrogens is 184 g/mol. The molecule has 1 aliphatic heterocycles. The van der Waals surface area contributed by atoms with E-state index >= 15 is 0 Å². The Morgan fingerprint density at radius 1 is 1.07 bits per heavy atom. The van der Waals surface area contributed by atoms with Gasteiger partial charge in [-0.1, -0.05) is 18.2 Å². The molecule has 2 aromatic rings. The molecular formula is C13H14N2. The van der Waals surface area contributed by atoms with Crippen LogP contribution in [0.15, 0.2) is 42.6 Å². The van der Waals surface area contributed by atoms with Gasteiger partial charge in [-0.2, -0.15) is 0 Å². The summed E-state index contributed by atoms with van der Waals surface area (Å²) in [6.45, 7) is 0. The lowest BCUT2D eigenvalue weighted by molar-refractivity contribution is 0.343. The van der Waals surface area contributed by atoms with Crippen LogP contribution in [-0.4, -0.2) is 23.6 Å². The molecule has 3 rings (SSSR count). The van der Waals surface area contributed by atoms with Gasteiger partial charge in [0.25, 0.3) is 0 Å². The van der Waals surface area contributed by atoms with Gasteiger partial charge in [0, 0.05) is 11.9 Å². The van der Waals surface area contributed by atoms with E-state index in [2.05, 4.69) is 66.2 Å². The number of rotatable bonds is 1. The van der Waals surface area contributed by atoms with Gasteiger partial charge in [0.1, 0.15) is 0 Å². The number of aromatic nitrogens is 1. The first-order valence-electron chi connectivity index (χ1n) is 5.22. The average Bonchev–Trinajstić information content (AvgIpc) is 2.75. The third kappa shape index (κ3) is 1.08. The number of para-hydroxylation sites is 1. The van der Waals surface area contributed by atoms with Crippen LogP contribution in [0.5, 0.6) is 0 Å². The number of hydrogen-bond acceptors (Lipinski definition) is 1. The Bertz CT molecular complexity index is 497. The molecule has 0 spiro atoms. The molecule has 0 N–H and O–H groups in total. The molecule has 0 radical (unpaired) electrons. The van der Waals surface area contributed by atoms with Crippen molar-refractivity contribution in [1.82, 2.24) is 9.47 Å². The van der Waals surface area contributed by atoms with Gasteiger partial charge in [0.2, 0.25) is 0 Å². The van der Waals surface area contributed by atoms with Crippen molar-refractivity contribution >= 4 is 0 Å². The fourth-order valence-corrected chi connectivity index (χ4v) is 2.48. The van der Waals surface area contributed by atoms with Gasteiger partial charge in [-0.3, -0.25) is 4.90 Å². The summed E-state index contributed by atoms with van der Waals surface area (Å²) >= 11 is 0. The molecule has 0 fully saturated rings. The molecule has 0 bridgehead atoms. The molecule has 1 aliphatic rings. The monoisotopic (exact) mass is 198 g/mol. The Morgan fingerprint density at radius 2 is 1.87 bits per heavy atom. The van der Waals surface area contributed by atoms with Crippen molar-refractivity contribution in [1.29, 1.82) is 0 Å². The van der Waals surface area contributed by atoms with E-state index < -0.39 is 0 Å². The van der Waals surface area contributed by atoms with Crippen LogP contribution in [0.1, 0.15) is 17.3 Å². The molecule has 1 unspecified atom stereocenters. The molecule has 2 heterocycles. The lowest BCUT2D eigenvalue weighted by Gasteiger charge is -2.19. The highest BCUT2D eigenvalue weighted by Gasteiger charge is 2.29. The fraction of sp³-hybridized carbons (Fsp3) is 0.231. The molecule has 1 aromatic carbocycles. The molecule has 1 atom stereocenters. The summed E-state index contributed by atoms with van der Waals surface area (Å²) in [7, 11) is 4.26. The van der Waals surface area contributed by atoms with Crippen molar-refractivity contribution in [2.75, 3.05) is 14.1 Å². The van der Waals surface area contributed by atoms with E-state index in [0.717, 1.165) is 0 Å². The average molecular weight is 198 g/mol. The first-order chi connectivity index (χ1) is 7.29. The highest BCUT2D eigenvalue weighted by molar-refractivity contribution is 5.53.